The van der Waals surface area contributed by atoms with Crippen molar-refractivity contribution in [3.63, 3.8) is 0 Å². The highest BCUT2D eigenvalue weighted by molar-refractivity contribution is 9.09. The predicted molar refractivity (Wildman–Crippen MR) is 71.6 cm³/mol. The SMILES string of the molecule is CCCC(Br)CCc1cccc2c1OCC2. The summed E-state index contributed by atoms with van der Waals surface area (Å²) in [5.74, 6) is 1.17. The highest BCUT2D eigenvalue weighted by atomic mass is 79.9. The number of hydrogen-bond acceptors (Lipinski definition) is 1. The number of rotatable bonds is 5. The molecule has 1 unspecified atom stereocenters. The molecule has 0 fully saturated rings. The summed E-state index contributed by atoms with van der Waals surface area (Å²) in [7, 11) is 0. The number of benzene rings is 1. The first-order valence-electron chi connectivity index (χ1n) is 6.19. The van der Waals surface area contributed by atoms with E-state index < -0.39 is 0 Å². The van der Waals surface area contributed by atoms with Gasteiger partial charge in [-0.15, -0.1) is 0 Å². The molecule has 1 heterocycles. The molecule has 16 heavy (non-hydrogen) atoms. The summed E-state index contributed by atoms with van der Waals surface area (Å²) < 4.78 is 5.71. The maximum atomic E-state index is 5.71. The quantitative estimate of drug-likeness (QED) is 0.739. The van der Waals surface area contributed by atoms with E-state index in [0.717, 1.165) is 19.4 Å². The molecule has 1 aromatic rings. The van der Waals surface area contributed by atoms with Crippen molar-refractivity contribution in [2.75, 3.05) is 6.61 Å². The van der Waals surface area contributed by atoms with E-state index in [1.807, 2.05) is 0 Å². The minimum atomic E-state index is 0.648. The molecular weight excluding hydrogens is 264 g/mol. The smallest absolute Gasteiger partial charge is 0.125 e. The fourth-order valence-electron chi connectivity index (χ4n) is 2.25. The van der Waals surface area contributed by atoms with Crippen molar-refractivity contribution in [2.45, 2.75) is 43.9 Å². The zero-order valence-corrected chi connectivity index (χ0v) is 11.4. The molecule has 0 N–H and O–H groups in total. The van der Waals surface area contributed by atoms with Gasteiger partial charge >= 0.3 is 0 Å². The number of alkyl halides is 1. The summed E-state index contributed by atoms with van der Waals surface area (Å²) in [5, 5.41) is 0. The third-order valence-corrected chi connectivity index (χ3v) is 4.04. The molecule has 1 aliphatic heterocycles. The number of halogens is 1. The second-order valence-corrected chi connectivity index (χ2v) is 5.72. The van der Waals surface area contributed by atoms with Crippen LogP contribution in [0.5, 0.6) is 5.75 Å². The normalized spacial score (nSPS) is 15.6. The number of hydrogen-bond donors (Lipinski definition) is 0. The lowest BCUT2D eigenvalue weighted by atomic mass is 10.0. The van der Waals surface area contributed by atoms with Crippen LogP contribution in [0.4, 0.5) is 0 Å². The van der Waals surface area contributed by atoms with E-state index in [0.29, 0.717) is 4.83 Å². The van der Waals surface area contributed by atoms with Gasteiger partial charge in [-0.05, 0) is 30.4 Å². The molecule has 1 nitrogen and oxygen atoms in total. The molecule has 0 aliphatic carbocycles. The van der Waals surface area contributed by atoms with Crippen LogP contribution in [0.1, 0.15) is 37.3 Å². The van der Waals surface area contributed by atoms with Crippen LogP contribution in [-0.2, 0) is 12.8 Å². The Balaban J connectivity index is 1.97. The Hall–Kier alpha value is -0.500. The van der Waals surface area contributed by atoms with Gasteiger partial charge < -0.3 is 4.74 Å². The average molecular weight is 283 g/mol. The van der Waals surface area contributed by atoms with E-state index in [4.69, 9.17) is 4.74 Å². The Morgan fingerprint density at radius 2 is 2.25 bits per heavy atom. The van der Waals surface area contributed by atoms with E-state index in [1.165, 1.54) is 36.1 Å². The van der Waals surface area contributed by atoms with Gasteiger partial charge in [0.15, 0.2) is 0 Å². The molecular formula is C14H19BrO. The second kappa shape index (κ2) is 5.72. The molecule has 0 bridgehead atoms. The number of fused-ring (bicyclic) bond motifs is 1. The Bertz CT molecular complexity index is 349. The molecule has 0 spiro atoms. The van der Waals surface area contributed by atoms with Crippen LogP contribution in [0.2, 0.25) is 0 Å². The lowest BCUT2D eigenvalue weighted by Crippen LogP contribution is -2.00. The van der Waals surface area contributed by atoms with Crippen molar-refractivity contribution in [1.29, 1.82) is 0 Å². The number of para-hydroxylation sites is 1. The summed E-state index contributed by atoms with van der Waals surface area (Å²) in [6.07, 6.45) is 5.91. The van der Waals surface area contributed by atoms with Gasteiger partial charge in [0.25, 0.3) is 0 Å². The first-order valence-corrected chi connectivity index (χ1v) is 7.10. The van der Waals surface area contributed by atoms with E-state index in [2.05, 4.69) is 41.1 Å². The molecule has 0 saturated heterocycles. The number of ether oxygens (including phenoxy) is 1. The summed E-state index contributed by atoms with van der Waals surface area (Å²) >= 11 is 3.74. The third-order valence-electron chi connectivity index (χ3n) is 3.12. The highest BCUT2D eigenvalue weighted by Gasteiger charge is 2.16. The topological polar surface area (TPSA) is 9.23 Å². The van der Waals surface area contributed by atoms with Crippen LogP contribution < -0.4 is 4.74 Å². The van der Waals surface area contributed by atoms with Crippen molar-refractivity contribution in [3.8, 4) is 5.75 Å². The van der Waals surface area contributed by atoms with Gasteiger partial charge in [0, 0.05) is 11.2 Å². The van der Waals surface area contributed by atoms with Crippen LogP contribution in [0.15, 0.2) is 18.2 Å². The Labute approximate surface area is 106 Å². The maximum absolute atomic E-state index is 5.71. The zero-order valence-electron chi connectivity index (χ0n) is 9.84. The molecule has 0 amide bonds. The molecule has 1 aliphatic rings. The first-order chi connectivity index (χ1) is 7.81. The van der Waals surface area contributed by atoms with Gasteiger partial charge in [0.05, 0.1) is 6.61 Å². The fourth-order valence-corrected chi connectivity index (χ4v) is 2.94. The lowest BCUT2D eigenvalue weighted by Gasteiger charge is -2.10. The fraction of sp³-hybridized carbons (Fsp3) is 0.571. The van der Waals surface area contributed by atoms with E-state index >= 15 is 0 Å². The largest absolute Gasteiger partial charge is 0.493 e. The molecule has 2 rings (SSSR count). The van der Waals surface area contributed by atoms with E-state index in [1.54, 1.807) is 0 Å². The summed E-state index contributed by atoms with van der Waals surface area (Å²) in [5.41, 5.74) is 2.77. The van der Waals surface area contributed by atoms with Crippen LogP contribution in [0.25, 0.3) is 0 Å². The van der Waals surface area contributed by atoms with Gasteiger partial charge in [-0.1, -0.05) is 47.5 Å². The van der Waals surface area contributed by atoms with Crippen LogP contribution >= 0.6 is 15.9 Å². The number of aryl methyl sites for hydroxylation is 1. The van der Waals surface area contributed by atoms with Crippen molar-refractivity contribution >= 4 is 15.9 Å². The van der Waals surface area contributed by atoms with Gasteiger partial charge in [0.1, 0.15) is 5.75 Å². The minimum absolute atomic E-state index is 0.648. The molecule has 1 aromatic carbocycles. The maximum Gasteiger partial charge on any atom is 0.125 e. The van der Waals surface area contributed by atoms with Crippen molar-refractivity contribution in [1.82, 2.24) is 0 Å². The van der Waals surface area contributed by atoms with Gasteiger partial charge in [-0.3, -0.25) is 0 Å². The summed E-state index contributed by atoms with van der Waals surface area (Å²) in [6, 6.07) is 6.55. The Morgan fingerprint density at radius 1 is 1.38 bits per heavy atom. The second-order valence-electron chi connectivity index (χ2n) is 4.43. The molecule has 88 valence electrons. The molecule has 0 radical (unpaired) electrons. The van der Waals surface area contributed by atoms with Crippen molar-refractivity contribution < 1.29 is 4.74 Å². The first kappa shape index (κ1) is 12.0. The summed E-state index contributed by atoms with van der Waals surface area (Å²) in [6.45, 7) is 3.09. The van der Waals surface area contributed by atoms with Crippen LogP contribution in [0.3, 0.4) is 0 Å². The lowest BCUT2D eigenvalue weighted by molar-refractivity contribution is 0.353. The molecule has 0 saturated carbocycles. The van der Waals surface area contributed by atoms with E-state index in [9.17, 15) is 0 Å². The summed E-state index contributed by atoms with van der Waals surface area (Å²) in [4.78, 5) is 0.648. The van der Waals surface area contributed by atoms with Crippen LogP contribution in [-0.4, -0.2) is 11.4 Å². The highest BCUT2D eigenvalue weighted by Crippen LogP contribution is 2.31. The standard InChI is InChI=1S/C14H19BrO/c1-2-4-13(15)8-7-11-5-3-6-12-9-10-16-14(11)12/h3,5-6,13H,2,4,7-10H2,1H3. The van der Waals surface area contributed by atoms with Crippen molar-refractivity contribution in [3.05, 3.63) is 29.3 Å². The molecule has 1 atom stereocenters. The third kappa shape index (κ3) is 2.79. The minimum Gasteiger partial charge on any atom is -0.493 e. The van der Waals surface area contributed by atoms with Crippen LogP contribution in [0, 0.1) is 0 Å². The molecule has 2 heteroatoms. The predicted octanol–water partition coefficient (Wildman–Crippen LogP) is 4.12. The average Bonchev–Trinajstić information content (AvgIpc) is 2.75. The Kier molecular flexibility index (Phi) is 4.28. The van der Waals surface area contributed by atoms with E-state index in [-0.39, 0.29) is 0 Å². The Morgan fingerprint density at radius 3 is 3.06 bits per heavy atom. The van der Waals surface area contributed by atoms with Gasteiger partial charge in [-0.2, -0.15) is 0 Å². The van der Waals surface area contributed by atoms with Crippen molar-refractivity contribution in [2.24, 2.45) is 0 Å². The monoisotopic (exact) mass is 282 g/mol. The molecule has 0 aromatic heterocycles. The van der Waals surface area contributed by atoms with Gasteiger partial charge in [-0.25, -0.2) is 0 Å². The zero-order chi connectivity index (χ0) is 11.4. The van der Waals surface area contributed by atoms with Gasteiger partial charge in [0.2, 0.25) is 0 Å².